The van der Waals surface area contributed by atoms with Crippen LogP contribution in [0.2, 0.25) is 0 Å². The number of nitrogens with zero attached hydrogens (tertiary/aromatic N) is 1. The highest BCUT2D eigenvalue weighted by Crippen LogP contribution is 2.26. The van der Waals surface area contributed by atoms with E-state index in [2.05, 4.69) is 6.07 Å². The van der Waals surface area contributed by atoms with Gasteiger partial charge in [-0.25, -0.2) is 4.79 Å². The number of carbonyl (C=O) groups excluding carboxylic acids is 1. The van der Waals surface area contributed by atoms with E-state index in [9.17, 15) is 4.79 Å². The third kappa shape index (κ3) is 1.17. The zero-order valence-corrected chi connectivity index (χ0v) is 8.36. The number of carbonyl (C=O) groups is 1. The second-order valence-corrected chi connectivity index (χ2v) is 3.76. The van der Waals surface area contributed by atoms with Crippen molar-refractivity contribution in [3.63, 3.8) is 0 Å². The first kappa shape index (κ1) is 8.93. The zero-order chi connectivity index (χ0) is 11.1. The summed E-state index contributed by atoms with van der Waals surface area (Å²) in [6.07, 6.45) is 0. The van der Waals surface area contributed by atoms with Crippen molar-refractivity contribution in [2.75, 3.05) is 0 Å². The molecule has 1 heterocycles. The van der Waals surface area contributed by atoms with Crippen LogP contribution < -0.4 is 0 Å². The molecular formula is C13H7NO2. The highest BCUT2D eigenvalue weighted by molar-refractivity contribution is 5.99. The van der Waals surface area contributed by atoms with Gasteiger partial charge in [0, 0.05) is 5.56 Å². The number of ether oxygens (including phenoxy) is 1. The largest absolute Gasteiger partial charge is 0.457 e. The molecule has 76 valence electrons. The van der Waals surface area contributed by atoms with Crippen LogP contribution in [0.15, 0.2) is 30.3 Å². The molecule has 0 fully saturated rings. The zero-order valence-electron chi connectivity index (χ0n) is 8.36. The Morgan fingerprint density at radius 3 is 2.88 bits per heavy atom. The molecule has 0 N–H and O–H groups in total. The van der Waals surface area contributed by atoms with Gasteiger partial charge in [0.15, 0.2) is 0 Å². The van der Waals surface area contributed by atoms with Crippen LogP contribution in [-0.4, -0.2) is 5.97 Å². The van der Waals surface area contributed by atoms with Crippen molar-refractivity contribution in [2.45, 2.75) is 6.61 Å². The Morgan fingerprint density at radius 2 is 2.06 bits per heavy atom. The monoisotopic (exact) mass is 209 g/mol. The minimum Gasteiger partial charge on any atom is -0.457 e. The van der Waals surface area contributed by atoms with E-state index in [-0.39, 0.29) is 5.97 Å². The van der Waals surface area contributed by atoms with Crippen LogP contribution in [0, 0.1) is 11.3 Å². The highest BCUT2D eigenvalue weighted by Gasteiger charge is 2.21. The first-order chi connectivity index (χ1) is 7.78. The number of nitriles is 1. The fourth-order valence-electron chi connectivity index (χ4n) is 1.94. The van der Waals surface area contributed by atoms with Crippen molar-refractivity contribution >= 4 is 16.7 Å². The van der Waals surface area contributed by atoms with Crippen molar-refractivity contribution in [2.24, 2.45) is 0 Å². The predicted octanol–water partition coefficient (Wildman–Crippen LogP) is 2.38. The van der Waals surface area contributed by atoms with Crippen LogP contribution in [0.3, 0.4) is 0 Å². The lowest BCUT2D eigenvalue weighted by Gasteiger charge is -2.00. The maximum absolute atomic E-state index is 11.4. The van der Waals surface area contributed by atoms with Crippen molar-refractivity contribution in [3.05, 3.63) is 47.0 Å². The van der Waals surface area contributed by atoms with Gasteiger partial charge in [-0.3, -0.25) is 0 Å². The molecule has 0 radical (unpaired) electrons. The predicted molar refractivity (Wildman–Crippen MR) is 57.8 cm³/mol. The lowest BCUT2D eigenvalue weighted by atomic mass is 10.0. The van der Waals surface area contributed by atoms with Crippen molar-refractivity contribution in [1.82, 2.24) is 0 Å². The van der Waals surface area contributed by atoms with Gasteiger partial charge in [0.1, 0.15) is 6.61 Å². The minimum atomic E-state index is -0.263. The summed E-state index contributed by atoms with van der Waals surface area (Å²) in [6.45, 7) is 0.334. The highest BCUT2D eigenvalue weighted by atomic mass is 16.5. The lowest BCUT2D eigenvalue weighted by molar-refractivity contribution is 0.0535. The molecule has 2 aromatic rings. The number of esters is 1. The minimum absolute atomic E-state index is 0.263. The van der Waals surface area contributed by atoms with Crippen molar-refractivity contribution in [1.29, 1.82) is 5.26 Å². The second-order valence-electron chi connectivity index (χ2n) is 3.76. The number of rotatable bonds is 0. The van der Waals surface area contributed by atoms with E-state index in [1.807, 2.05) is 24.3 Å². The summed E-state index contributed by atoms with van der Waals surface area (Å²) in [7, 11) is 0. The summed E-state index contributed by atoms with van der Waals surface area (Å²) in [6, 6.07) is 11.2. The number of benzene rings is 2. The third-order valence-electron chi connectivity index (χ3n) is 2.77. The van der Waals surface area contributed by atoms with Gasteiger partial charge in [-0.1, -0.05) is 6.07 Å². The number of cyclic esters (lactones) is 1. The van der Waals surface area contributed by atoms with Gasteiger partial charge in [-0.2, -0.15) is 5.26 Å². The van der Waals surface area contributed by atoms with Crippen molar-refractivity contribution in [3.8, 4) is 6.07 Å². The maximum Gasteiger partial charge on any atom is 0.338 e. The molecule has 0 aliphatic carbocycles. The standard InChI is InChI=1S/C13H7NO2/c14-6-8-1-2-9-5-12-11(4-10(9)3-8)7-16-13(12)15/h1-5H,7H2. The van der Waals surface area contributed by atoms with Gasteiger partial charge in [-0.05, 0) is 35.0 Å². The van der Waals surface area contributed by atoms with Crippen LogP contribution in [0.4, 0.5) is 0 Å². The summed E-state index contributed by atoms with van der Waals surface area (Å²) in [5, 5.41) is 10.7. The Hall–Kier alpha value is -2.34. The quantitative estimate of drug-likeness (QED) is 0.626. The van der Waals surface area contributed by atoms with Gasteiger partial charge in [0.05, 0.1) is 17.2 Å². The van der Waals surface area contributed by atoms with E-state index in [0.717, 1.165) is 16.3 Å². The molecule has 0 saturated carbocycles. The SMILES string of the molecule is N#Cc1ccc2cc3c(cc2c1)COC3=O. The van der Waals surface area contributed by atoms with Gasteiger partial charge in [0.25, 0.3) is 0 Å². The van der Waals surface area contributed by atoms with Crippen LogP contribution in [0.5, 0.6) is 0 Å². The smallest absolute Gasteiger partial charge is 0.338 e. The van der Waals surface area contributed by atoms with Gasteiger partial charge in [-0.15, -0.1) is 0 Å². The summed E-state index contributed by atoms with van der Waals surface area (Å²) in [5.41, 5.74) is 2.16. The molecule has 0 saturated heterocycles. The lowest BCUT2D eigenvalue weighted by Crippen LogP contribution is -1.93. The molecule has 0 unspecified atom stereocenters. The van der Waals surface area contributed by atoms with Crippen molar-refractivity contribution < 1.29 is 9.53 Å². The van der Waals surface area contributed by atoms with Crippen LogP contribution >= 0.6 is 0 Å². The maximum atomic E-state index is 11.4. The van der Waals surface area contributed by atoms with E-state index in [1.165, 1.54) is 0 Å². The Kier molecular flexibility index (Phi) is 1.72. The van der Waals surface area contributed by atoms with E-state index < -0.39 is 0 Å². The molecule has 0 atom stereocenters. The molecule has 3 heteroatoms. The molecule has 0 aromatic heterocycles. The molecule has 0 amide bonds. The van der Waals surface area contributed by atoms with Gasteiger partial charge < -0.3 is 4.74 Å². The summed E-state index contributed by atoms with van der Waals surface area (Å²) >= 11 is 0. The van der Waals surface area contributed by atoms with Crippen LogP contribution in [0.25, 0.3) is 10.8 Å². The molecule has 0 spiro atoms. The fraction of sp³-hybridized carbons (Fsp3) is 0.0769. The van der Waals surface area contributed by atoms with E-state index in [1.54, 1.807) is 6.07 Å². The van der Waals surface area contributed by atoms with Crippen LogP contribution in [0.1, 0.15) is 21.5 Å². The normalized spacial score (nSPS) is 13.3. The average Bonchev–Trinajstić information content (AvgIpc) is 2.67. The van der Waals surface area contributed by atoms with E-state index in [0.29, 0.717) is 17.7 Å². The molecular weight excluding hydrogens is 202 g/mol. The Bertz CT molecular complexity index is 653. The summed E-state index contributed by atoms with van der Waals surface area (Å²) in [5.74, 6) is -0.263. The molecule has 1 aliphatic heterocycles. The molecule has 0 bridgehead atoms. The van der Waals surface area contributed by atoms with E-state index >= 15 is 0 Å². The Balaban J connectivity index is 2.32. The summed E-state index contributed by atoms with van der Waals surface area (Å²) < 4.78 is 4.95. The van der Waals surface area contributed by atoms with E-state index in [4.69, 9.17) is 10.00 Å². The Morgan fingerprint density at radius 1 is 1.19 bits per heavy atom. The molecule has 3 nitrogen and oxygen atoms in total. The fourth-order valence-corrected chi connectivity index (χ4v) is 1.94. The molecule has 3 rings (SSSR count). The first-order valence-corrected chi connectivity index (χ1v) is 4.92. The third-order valence-corrected chi connectivity index (χ3v) is 2.77. The van der Waals surface area contributed by atoms with Crippen LogP contribution in [-0.2, 0) is 11.3 Å². The van der Waals surface area contributed by atoms with Gasteiger partial charge >= 0.3 is 5.97 Å². The van der Waals surface area contributed by atoms with Gasteiger partial charge in [0.2, 0.25) is 0 Å². The second kappa shape index (κ2) is 3.07. The molecule has 16 heavy (non-hydrogen) atoms. The Labute approximate surface area is 91.9 Å². The topological polar surface area (TPSA) is 50.1 Å². The molecule has 2 aromatic carbocycles. The number of hydrogen-bond donors (Lipinski definition) is 0. The molecule has 1 aliphatic rings. The average molecular weight is 209 g/mol. The number of fused-ring (bicyclic) bond motifs is 2. The first-order valence-electron chi connectivity index (χ1n) is 4.92. The number of hydrogen-bond acceptors (Lipinski definition) is 3. The summed E-state index contributed by atoms with van der Waals surface area (Å²) in [4.78, 5) is 11.4.